The van der Waals surface area contributed by atoms with Crippen LogP contribution in [0.15, 0.2) is 24.3 Å². The largest absolute Gasteiger partial charge is 0.352 e. The molecule has 0 unspecified atom stereocenters. The van der Waals surface area contributed by atoms with Crippen molar-refractivity contribution in [1.29, 1.82) is 0 Å². The van der Waals surface area contributed by atoms with E-state index in [1.807, 2.05) is 12.1 Å². The minimum atomic E-state index is -0.0652. The summed E-state index contributed by atoms with van der Waals surface area (Å²) >= 11 is 5.65. The van der Waals surface area contributed by atoms with Gasteiger partial charge in [-0.1, -0.05) is 12.1 Å². The van der Waals surface area contributed by atoms with Crippen LogP contribution < -0.4 is 11.1 Å². The van der Waals surface area contributed by atoms with Crippen LogP contribution in [0.5, 0.6) is 0 Å². The second kappa shape index (κ2) is 6.43. The Morgan fingerprint density at radius 2 is 2.00 bits per heavy atom. The van der Waals surface area contributed by atoms with E-state index < -0.39 is 0 Å². The van der Waals surface area contributed by atoms with Crippen LogP contribution >= 0.6 is 11.6 Å². The van der Waals surface area contributed by atoms with E-state index in [0.29, 0.717) is 24.5 Å². The van der Waals surface area contributed by atoms with Crippen LogP contribution in [0.2, 0.25) is 0 Å². The summed E-state index contributed by atoms with van der Waals surface area (Å²) in [6.07, 6.45) is 0.797. The maximum Gasteiger partial charge on any atom is 0.251 e. The van der Waals surface area contributed by atoms with Crippen molar-refractivity contribution in [2.75, 3.05) is 13.1 Å². The monoisotopic (exact) mass is 226 g/mol. The summed E-state index contributed by atoms with van der Waals surface area (Å²) in [5, 5.41) is 2.79. The van der Waals surface area contributed by atoms with Crippen molar-refractivity contribution in [2.24, 2.45) is 5.73 Å². The standard InChI is InChI=1S/C11H15ClN2O/c12-8-9-2-4-10(5-3-9)11(15)14-7-1-6-13/h2-5H,1,6-8,13H2,(H,14,15). The number of alkyl halides is 1. The van der Waals surface area contributed by atoms with Gasteiger partial charge in [-0.25, -0.2) is 0 Å². The summed E-state index contributed by atoms with van der Waals surface area (Å²) in [5.41, 5.74) is 6.99. The molecule has 15 heavy (non-hydrogen) atoms. The van der Waals surface area contributed by atoms with Crippen molar-refractivity contribution >= 4 is 17.5 Å². The molecule has 0 aliphatic carbocycles. The summed E-state index contributed by atoms with van der Waals surface area (Å²) in [4.78, 5) is 11.5. The first-order valence-corrected chi connectivity index (χ1v) is 5.44. The average Bonchev–Trinajstić information content (AvgIpc) is 2.29. The highest BCUT2D eigenvalue weighted by atomic mass is 35.5. The Morgan fingerprint density at radius 3 is 2.53 bits per heavy atom. The number of rotatable bonds is 5. The van der Waals surface area contributed by atoms with E-state index >= 15 is 0 Å². The van der Waals surface area contributed by atoms with Crippen LogP contribution in [0, 0.1) is 0 Å². The zero-order chi connectivity index (χ0) is 11.1. The van der Waals surface area contributed by atoms with Crippen LogP contribution in [0.4, 0.5) is 0 Å². The molecule has 0 saturated heterocycles. The van der Waals surface area contributed by atoms with E-state index in [9.17, 15) is 4.79 Å². The lowest BCUT2D eigenvalue weighted by Gasteiger charge is -2.04. The molecular weight excluding hydrogens is 212 g/mol. The molecule has 0 saturated carbocycles. The zero-order valence-corrected chi connectivity index (χ0v) is 9.26. The Balaban J connectivity index is 2.50. The molecule has 0 radical (unpaired) electrons. The van der Waals surface area contributed by atoms with Gasteiger partial charge in [0, 0.05) is 18.0 Å². The maximum atomic E-state index is 11.5. The second-order valence-electron chi connectivity index (χ2n) is 3.23. The zero-order valence-electron chi connectivity index (χ0n) is 8.50. The van der Waals surface area contributed by atoms with E-state index in [1.54, 1.807) is 12.1 Å². The van der Waals surface area contributed by atoms with Gasteiger partial charge >= 0.3 is 0 Å². The highest BCUT2D eigenvalue weighted by Crippen LogP contribution is 2.06. The first-order chi connectivity index (χ1) is 7.27. The molecule has 0 fully saturated rings. The summed E-state index contributed by atoms with van der Waals surface area (Å²) in [5.74, 6) is 0.402. The van der Waals surface area contributed by atoms with Crippen molar-refractivity contribution in [3.05, 3.63) is 35.4 Å². The molecule has 1 aromatic carbocycles. The van der Waals surface area contributed by atoms with Gasteiger partial charge in [0.2, 0.25) is 0 Å². The lowest BCUT2D eigenvalue weighted by Crippen LogP contribution is -2.25. The SMILES string of the molecule is NCCCNC(=O)c1ccc(CCl)cc1. The van der Waals surface area contributed by atoms with Crippen LogP contribution in [0.25, 0.3) is 0 Å². The molecule has 4 heteroatoms. The van der Waals surface area contributed by atoms with Crippen molar-refractivity contribution < 1.29 is 4.79 Å². The van der Waals surface area contributed by atoms with Gasteiger partial charge in [0.1, 0.15) is 0 Å². The van der Waals surface area contributed by atoms with E-state index in [2.05, 4.69) is 5.32 Å². The summed E-state index contributed by atoms with van der Waals surface area (Å²) in [6.45, 7) is 1.21. The van der Waals surface area contributed by atoms with Gasteiger partial charge in [0.15, 0.2) is 0 Å². The predicted molar refractivity (Wildman–Crippen MR) is 62.0 cm³/mol. The Kier molecular flexibility index (Phi) is 5.15. The number of hydrogen-bond acceptors (Lipinski definition) is 2. The van der Waals surface area contributed by atoms with Gasteiger partial charge in [-0.3, -0.25) is 4.79 Å². The molecule has 0 atom stereocenters. The van der Waals surface area contributed by atoms with E-state index in [4.69, 9.17) is 17.3 Å². The van der Waals surface area contributed by atoms with Gasteiger partial charge < -0.3 is 11.1 Å². The fraction of sp³-hybridized carbons (Fsp3) is 0.364. The minimum Gasteiger partial charge on any atom is -0.352 e. The normalized spacial score (nSPS) is 10.0. The van der Waals surface area contributed by atoms with Crippen molar-refractivity contribution in [3.8, 4) is 0 Å². The molecule has 0 aliphatic rings. The number of nitrogens with one attached hydrogen (secondary N) is 1. The van der Waals surface area contributed by atoms with Crippen molar-refractivity contribution in [3.63, 3.8) is 0 Å². The second-order valence-corrected chi connectivity index (χ2v) is 3.50. The predicted octanol–water partition coefficient (Wildman–Crippen LogP) is 1.50. The number of carbonyl (C=O) groups is 1. The Bertz CT molecular complexity index is 311. The average molecular weight is 227 g/mol. The lowest BCUT2D eigenvalue weighted by atomic mass is 10.1. The van der Waals surface area contributed by atoms with E-state index in [0.717, 1.165) is 12.0 Å². The molecule has 1 rings (SSSR count). The molecule has 0 bridgehead atoms. The van der Waals surface area contributed by atoms with Crippen LogP contribution in [0.3, 0.4) is 0 Å². The molecule has 0 aliphatic heterocycles. The number of halogens is 1. The fourth-order valence-electron chi connectivity index (χ4n) is 1.15. The lowest BCUT2D eigenvalue weighted by molar-refractivity contribution is 0.0953. The topological polar surface area (TPSA) is 55.1 Å². The Morgan fingerprint density at radius 1 is 1.33 bits per heavy atom. The van der Waals surface area contributed by atoms with Gasteiger partial charge in [0.25, 0.3) is 5.91 Å². The summed E-state index contributed by atoms with van der Waals surface area (Å²) in [7, 11) is 0. The highest BCUT2D eigenvalue weighted by Gasteiger charge is 2.03. The van der Waals surface area contributed by atoms with Gasteiger partial charge in [-0.2, -0.15) is 0 Å². The van der Waals surface area contributed by atoms with Crippen LogP contribution in [0.1, 0.15) is 22.3 Å². The van der Waals surface area contributed by atoms with Crippen LogP contribution in [-0.2, 0) is 5.88 Å². The van der Waals surface area contributed by atoms with Crippen molar-refractivity contribution in [1.82, 2.24) is 5.32 Å². The number of carbonyl (C=O) groups excluding carboxylic acids is 1. The summed E-state index contributed by atoms with van der Waals surface area (Å²) < 4.78 is 0. The van der Waals surface area contributed by atoms with Gasteiger partial charge in [-0.15, -0.1) is 11.6 Å². The van der Waals surface area contributed by atoms with Gasteiger partial charge in [-0.05, 0) is 30.7 Å². The molecule has 82 valence electrons. The smallest absolute Gasteiger partial charge is 0.251 e. The molecule has 0 aromatic heterocycles. The highest BCUT2D eigenvalue weighted by molar-refractivity contribution is 6.17. The first-order valence-electron chi connectivity index (χ1n) is 4.91. The van der Waals surface area contributed by atoms with E-state index in [-0.39, 0.29) is 5.91 Å². The molecule has 3 nitrogen and oxygen atoms in total. The Labute approximate surface area is 94.6 Å². The van der Waals surface area contributed by atoms with E-state index in [1.165, 1.54) is 0 Å². The summed E-state index contributed by atoms with van der Waals surface area (Å²) in [6, 6.07) is 7.25. The molecular formula is C11H15ClN2O. The van der Waals surface area contributed by atoms with Crippen molar-refractivity contribution in [2.45, 2.75) is 12.3 Å². The maximum absolute atomic E-state index is 11.5. The Hall–Kier alpha value is -1.06. The van der Waals surface area contributed by atoms with Crippen LogP contribution in [-0.4, -0.2) is 19.0 Å². The number of hydrogen-bond donors (Lipinski definition) is 2. The third kappa shape index (κ3) is 3.90. The third-order valence-electron chi connectivity index (χ3n) is 2.04. The van der Waals surface area contributed by atoms with Gasteiger partial charge in [0.05, 0.1) is 0 Å². The molecule has 0 heterocycles. The molecule has 1 aromatic rings. The number of benzene rings is 1. The molecule has 1 amide bonds. The quantitative estimate of drug-likeness (QED) is 0.591. The number of amides is 1. The fourth-order valence-corrected chi connectivity index (χ4v) is 1.33. The molecule has 0 spiro atoms. The first kappa shape index (κ1) is 12.0. The third-order valence-corrected chi connectivity index (χ3v) is 2.35. The number of nitrogens with two attached hydrogens (primary N) is 1. The minimum absolute atomic E-state index is 0.0652. The molecule has 3 N–H and O–H groups in total.